The summed E-state index contributed by atoms with van der Waals surface area (Å²) in [5.74, 6) is 0.915. The highest BCUT2D eigenvalue weighted by molar-refractivity contribution is 5.96. The number of hydrogen-bond donors (Lipinski definition) is 0. The average molecular weight is 510 g/mol. The summed E-state index contributed by atoms with van der Waals surface area (Å²) in [6.45, 7) is 3.89. The van der Waals surface area contributed by atoms with Crippen LogP contribution in [-0.2, 0) is 6.54 Å². The van der Waals surface area contributed by atoms with Crippen LogP contribution in [0.15, 0.2) is 81.7 Å². The van der Waals surface area contributed by atoms with Crippen LogP contribution in [0.2, 0.25) is 0 Å². The first-order valence-electron chi connectivity index (χ1n) is 12.2. The number of anilines is 1. The topological polar surface area (TPSA) is 88.5 Å². The van der Waals surface area contributed by atoms with E-state index in [0.717, 1.165) is 39.4 Å². The van der Waals surface area contributed by atoms with E-state index in [2.05, 4.69) is 21.4 Å². The fourth-order valence-electron chi connectivity index (χ4n) is 5.03. The van der Waals surface area contributed by atoms with Crippen LogP contribution in [0.1, 0.15) is 34.5 Å². The number of amides is 2. The SMILES string of the molecule is Cc1noc(C)c1-c1ccc2c(c1)C(c1ccccc1)N(Cc1nnc(-c3ccc(F)cc3)o1)C(=O)N2C. The third-order valence-electron chi connectivity index (χ3n) is 6.83. The molecule has 38 heavy (non-hydrogen) atoms. The second-order valence-electron chi connectivity index (χ2n) is 9.26. The number of hydrogen-bond acceptors (Lipinski definition) is 6. The Morgan fingerprint density at radius 2 is 1.68 bits per heavy atom. The van der Waals surface area contributed by atoms with Crippen LogP contribution in [0.4, 0.5) is 14.9 Å². The van der Waals surface area contributed by atoms with Gasteiger partial charge in [0, 0.05) is 23.7 Å². The van der Waals surface area contributed by atoms with E-state index < -0.39 is 6.04 Å². The first-order valence-corrected chi connectivity index (χ1v) is 12.2. The lowest BCUT2D eigenvalue weighted by atomic mass is 9.90. The molecule has 0 radical (unpaired) electrons. The lowest BCUT2D eigenvalue weighted by Crippen LogP contribution is -2.47. The Hall–Kier alpha value is -4.79. The van der Waals surface area contributed by atoms with E-state index >= 15 is 0 Å². The molecule has 0 saturated carbocycles. The molecule has 0 N–H and O–H groups in total. The largest absolute Gasteiger partial charge is 0.419 e. The van der Waals surface area contributed by atoms with Gasteiger partial charge in [-0.05, 0) is 61.4 Å². The number of rotatable bonds is 5. The maximum Gasteiger partial charge on any atom is 0.325 e. The zero-order valence-electron chi connectivity index (χ0n) is 21.1. The van der Waals surface area contributed by atoms with Gasteiger partial charge in [0.2, 0.25) is 11.8 Å². The van der Waals surface area contributed by atoms with Crippen LogP contribution in [0.5, 0.6) is 0 Å². The van der Waals surface area contributed by atoms with Crippen LogP contribution in [0.3, 0.4) is 0 Å². The number of carbonyl (C=O) groups is 1. The van der Waals surface area contributed by atoms with Crippen LogP contribution >= 0.6 is 0 Å². The van der Waals surface area contributed by atoms with Gasteiger partial charge in [0.25, 0.3) is 0 Å². The van der Waals surface area contributed by atoms with Gasteiger partial charge in [-0.2, -0.15) is 0 Å². The molecule has 1 unspecified atom stereocenters. The Bertz CT molecular complexity index is 1610. The molecule has 0 bridgehead atoms. The van der Waals surface area contributed by atoms with E-state index in [0.29, 0.717) is 5.56 Å². The monoisotopic (exact) mass is 509 g/mol. The third-order valence-corrected chi connectivity index (χ3v) is 6.83. The van der Waals surface area contributed by atoms with E-state index in [1.807, 2.05) is 56.3 Å². The fraction of sp³-hybridized carbons (Fsp3) is 0.172. The molecule has 3 heterocycles. The number of halogens is 1. The summed E-state index contributed by atoms with van der Waals surface area (Å²) >= 11 is 0. The van der Waals surface area contributed by atoms with E-state index in [-0.39, 0.29) is 30.2 Å². The van der Waals surface area contributed by atoms with Crippen LogP contribution in [-0.4, -0.2) is 33.3 Å². The van der Waals surface area contributed by atoms with E-state index in [4.69, 9.17) is 8.94 Å². The molecule has 1 aliphatic rings. The van der Waals surface area contributed by atoms with E-state index in [1.165, 1.54) is 12.1 Å². The van der Waals surface area contributed by atoms with Crippen LogP contribution in [0, 0.1) is 19.7 Å². The van der Waals surface area contributed by atoms with Crippen molar-refractivity contribution in [1.82, 2.24) is 20.3 Å². The van der Waals surface area contributed by atoms with Crippen LogP contribution in [0.25, 0.3) is 22.6 Å². The summed E-state index contributed by atoms with van der Waals surface area (Å²) in [4.78, 5) is 17.1. The molecule has 3 aromatic carbocycles. The molecule has 0 fully saturated rings. The summed E-state index contributed by atoms with van der Waals surface area (Å²) in [5, 5.41) is 12.4. The fourth-order valence-corrected chi connectivity index (χ4v) is 5.03. The predicted molar refractivity (Wildman–Crippen MR) is 139 cm³/mol. The van der Waals surface area contributed by atoms with Crippen molar-refractivity contribution >= 4 is 11.7 Å². The van der Waals surface area contributed by atoms with Crippen molar-refractivity contribution in [3.8, 4) is 22.6 Å². The van der Waals surface area contributed by atoms with Crippen molar-refractivity contribution in [3.63, 3.8) is 0 Å². The van der Waals surface area contributed by atoms with Gasteiger partial charge >= 0.3 is 6.03 Å². The number of benzene rings is 3. The highest BCUT2D eigenvalue weighted by atomic mass is 19.1. The number of nitrogens with zero attached hydrogens (tertiary/aromatic N) is 5. The molecule has 2 amide bonds. The molecule has 0 spiro atoms. The van der Waals surface area contributed by atoms with Gasteiger partial charge < -0.3 is 13.8 Å². The molecule has 0 aliphatic carbocycles. The smallest absolute Gasteiger partial charge is 0.325 e. The minimum Gasteiger partial charge on any atom is -0.419 e. The van der Waals surface area contributed by atoms with Gasteiger partial charge in [-0.25, -0.2) is 9.18 Å². The second-order valence-corrected chi connectivity index (χ2v) is 9.26. The van der Waals surface area contributed by atoms with Crippen molar-refractivity contribution < 1.29 is 18.1 Å². The molecular weight excluding hydrogens is 485 g/mol. The number of urea groups is 1. The molecule has 6 rings (SSSR count). The standard InChI is InChI=1S/C29H24FN5O3/c1-17-26(18(2)38-33-17)21-11-14-24-23(15-21)27(19-7-5-4-6-8-19)35(29(36)34(24)3)16-25-31-32-28(37-25)20-9-12-22(30)13-10-20/h4-15,27H,16H2,1-3H3. The molecule has 1 atom stereocenters. The molecule has 2 aromatic heterocycles. The highest BCUT2D eigenvalue weighted by Gasteiger charge is 2.38. The summed E-state index contributed by atoms with van der Waals surface area (Å²) in [7, 11) is 1.75. The molecule has 9 heteroatoms. The first-order chi connectivity index (χ1) is 18.4. The molecular formula is C29H24FN5O3. The van der Waals surface area contributed by atoms with Crippen molar-refractivity contribution in [2.45, 2.75) is 26.4 Å². The lowest BCUT2D eigenvalue weighted by molar-refractivity contribution is 0.177. The Morgan fingerprint density at radius 1 is 0.947 bits per heavy atom. The van der Waals surface area contributed by atoms with Gasteiger partial charge in [-0.3, -0.25) is 4.90 Å². The van der Waals surface area contributed by atoms with Gasteiger partial charge in [-0.1, -0.05) is 41.6 Å². The molecule has 1 aliphatic heterocycles. The van der Waals surface area contributed by atoms with Gasteiger partial charge in [-0.15, -0.1) is 10.2 Å². The quantitative estimate of drug-likeness (QED) is 0.276. The van der Waals surface area contributed by atoms with Gasteiger partial charge in [0.1, 0.15) is 18.1 Å². The minimum absolute atomic E-state index is 0.0892. The number of fused-ring (bicyclic) bond motifs is 1. The van der Waals surface area contributed by atoms with Crippen LogP contribution < -0.4 is 4.90 Å². The molecule has 5 aromatic rings. The Balaban J connectivity index is 1.44. The number of carbonyl (C=O) groups excluding carboxylic acids is 1. The zero-order chi connectivity index (χ0) is 26.4. The van der Waals surface area contributed by atoms with Crippen molar-refractivity contribution in [2.24, 2.45) is 0 Å². The number of aryl methyl sites for hydroxylation is 2. The average Bonchev–Trinajstić information content (AvgIpc) is 3.53. The van der Waals surface area contributed by atoms with Gasteiger partial charge in [0.15, 0.2) is 0 Å². The summed E-state index contributed by atoms with van der Waals surface area (Å²) < 4.78 is 24.7. The van der Waals surface area contributed by atoms with Crippen molar-refractivity contribution in [2.75, 3.05) is 11.9 Å². The van der Waals surface area contributed by atoms with Gasteiger partial charge in [0.05, 0.1) is 17.4 Å². The Morgan fingerprint density at radius 3 is 2.39 bits per heavy atom. The summed E-state index contributed by atoms with van der Waals surface area (Å²) in [5.41, 5.74) is 6.01. The summed E-state index contributed by atoms with van der Waals surface area (Å²) in [6.07, 6.45) is 0. The van der Waals surface area contributed by atoms with E-state index in [9.17, 15) is 9.18 Å². The molecule has 190 valence electrons. The summed E-state index contributed by atoms with van der Waals surface area (Å²) in [6, 6.07) is 21.1. The first kappa shape index (κ1) is 23.6. The maximum atomic E-state index is 13.7. The third kappa shape index (κ3) is 4.02. The zero-order valence-corrected chi connectivity index (χ0v) is 21.1. The van der Waals surface area contributed by atoms with Crippen molar-refractivity contribution in [3.05, 3.63) is 107 Å². The molecule has 0 saturated heterocycles. The maximum absolute atomic E-state index is 13.7. The molecule has 8 nitrogen and oxygen atoms in total. The lowest BCUT2D eigenvalue weighted by Gasteiger charge is -2.41. The highest BCUT2D eigenvalue weighted by Crippen LogP contribution is 2.43. The van der Waals surface area contributed by atoms with Crippen molar-refractivity contribution in [1.29, 1.82) is 0 Å². The Kier molecular flexibility index (Phi) is 5.75. The predicted octanol–water partition coefficient (Wildman–Crippen LogP) is 6.31. The second kappa shape index (κ2) is 9.26. The number of aromatic nitrogens is 3. The Labute approximate surface area is 218 Å². The minimum atomic E-state index is -0.406. The van der Waals surface area contributed by atoms with E-state index in [1.54, 1.807) is 29.0 Å². The normalized spacial score (nSPS) is 15.2.